The van der Waals surface area contributed by atoms with Gasteiger partial charge < -0.3 is 24.8 Å². The first-order chi connectivity index (χ1) is 17.9. The Balaban J connectivity index is 1.18. The van der Waals surface area contributed by atoms with E-state index >= 15 is 0 Å². The highest BCUT2D eigenvalue weighted by Gasteiger charge is 2.29. The van der Waals surface area contributed by atoms with Gasteiger partial charge in [0.15, 0.2) is 12.4 Å². The fourth-order valence-corrected chi connectivity index (χ4v) is 4.64. The molecule has 5 rings (SSSR count). The quantitative estimate of drug-likeness (QED) is 0.277. The summed E-state index contributed by atoms with van der Waals surface area (Å²) in [5, 5.41) is 17.5. The number of pyridine rings is 2. The lowest BCUT2D eigenvalue weighted by atomic mass is 9.86. The van der Waals surface area contributed by atoms with E-state index in [1.54, 1.807) is 30.5 Å². The maximum atomic E-state index is 12.9. The van der Waals surface area contributed by atoms with Crippen molar-refractivity contribution in [1.82, 2.24) is 15.3 Å². The van der Waals surface area contributed by atoms with Gasteiger partial charge in [-0.25, -0.2) is 4.98 Å². The van der Waals surface area contributed by atoms with E-state index in [0.717, 1.165) is 12.8 Å². The van der Waals surface area contributed by atoms with E-state index in [2.05, 4.69) is 20.6 Å². The molecule has 1 fully saturated rings. The van der Waals surface area contributed by atoms with Gasteiger partial charge in [-0.2, -0.15) is 0 Å². The molecule has 37 heavy (non-hydrogen) atoms. The monoisotopic (exact) mass is 507 g/mol. The lowest BCUT2D eigenvalue weighted by molar-refractivity contribution is -0.385. The first kappa shape index (κ1) is 24.4. The predicted octanol–water partition coefficient (Wildman–Crippen LogP) is 3.13. The third kappa shape index (κ3) is 5.28. The van der Waals surface area contributed by atoms with Crippen LogP contribution in [0, 0.1) is 16.0 Å². The molecule has 1 saturated carbocycles. The smallest absolute Gasteiger partial charge is 0.314 e. The number of hydrogen-bond donors (Lipinski definition) is 2. The molecule has 12 heteroatoms. The first-order valence-electron chi connectivity index (χ1n) is 11.9. The first-order valence-corrected chi connectivity index (χ1v) is 11.9. The predicted molar refractivity (Wildman–Crippen MR) is 132 cm³/mol. The molecule has 1 amide bonds. The van der Waals surface area contributed by atoms with Gasteiger partial charge in [-0.1, -0.05) is 0 Å². The van der Waals surface area contributed by atoms with E-state index in [1.165, 1.54) is 13.2 Å². The number of carbonyl (C=O) groups is 2. The standard InChI is InChI=1S/C25H25N5O7/c1-35-22-7-6-17-23(29-22)20(8-9-26-17)37-25(32)15-2-4-16(5-3-15)27-12-14-10-18-24(19(11-14)30(33)34)36-13-21(31)28-18/h6-11,15-16,27H,2-5,12-13H2,1H3,(H,28,31). The molecular formula is C25H25N5O7. The summed E-state index contributed by atoms with van der Waals surface area (Å²) in [5.41, 5.74) is 1.84. The average molecular weight is 508 g/mol. The number of fused-ring (bicyclic) bond motifs is 2. The van der Waals surface area contributed by atoms with E-state index < -0.39 is 4.92 Å². The molecule has 0 unspecified atom stereocenters. The van der Waals surface area contributed by atoms with Crippen LogP contribution in [-0.4, -0.2) is 46.5 Å². The van der Waals surface area contributed by atoms with E-state index in [4.69, 9.17) is 14.2 Å². The van der Waals surface area contributed by atoms with Crippen LogP contribution in [-0.2, 0) is 16.1 Å². The van der Waals surface area contributed by atoms with Gasteiger partial charge in [0.2, 0.25) is 11.6 Å². The number of benzene rings is 1. The van der Waals surface area contributed by atoms with E-state index in [1.807, 2.05) is 0 Å². The molecule has 1 aromatic carbocycles. The molecule has 0 radical (unpaired) electrons. The Morgan fingerprint density at radius 1 is 1.24 bits per heavy atom. The van der Waals surface area contributed by atoms with Crippen LogP contribution in [0.5, 0.6) is 17.4 Å². The van der Waals surface area contributed by atoms with Crippen LogP contribution in [0.3, 0.4) is 0 Å². The van der Waals surface area contributed by atoms with Crippen molar-refractivity contribution in [2.45, 2.75) is 38.3 Å². The maximum Gasteiger partial charge on any atom is 0.314 e. The summed E-state index contributed by atoms with van der Waals surface area (Å²) < 4.78 is 16.1. The number of nitro benzene ring substituents is 1. The highest BCUT2D eigenvalue weighted by Crippen LogP contribution is 2.38. The van der Waals surface area contributed by atoms with Crippen molar-refractivity contribution < 1.29 is 28.7 Å². The van der Waals surface area contributed by atoms with Crippen LogP contribution in [0.25, 0.3) is 11.0 Å². The minimum absolute atomic E-state index is 0.0722. The van der Waals surface area contributed by atoms with Crippen molar-refractivity contribution in [2.75, 3.05) is 19.0 Å². The molecule has 1 aliphatic carbocycles. The van der Waals surface area contributed by atoms with Gasteiger partial charge in [-0.3, -0.25) is 24.7 Å². The van der Waals surface area contributed by atoms with Crippen LogP contribution in [0.1, 0.15) is 31.2 Å². The average Bonchev–Trinajstić information content (AvgIpc) is 2.91. The van der Waals surface area contributed by atoms with Crippen molar-refractivity contribution in [3.63, 3.8) is 0 Å². The van der Waals surface area contributed by atoms with Crippen molar-refractivity contribution in [3.05, 3.63) is 52.2 Å². The molecule has 0 bridgehead atoms. The van der Waals surface area contributed by atoms with E-state index in [9.17, 15) is 19.7 Å². The molecule has 2 aromatic heterocycles. The normalized spacial score (nSPS) is 18.9. The zero-order valence-electron chi connectivity index (χ0n) is 20.1. The van der Waals surface area contributed by atoms with Crippen molar-refractivity contribution in [3.8, 4) is 17.4 Å². The minimum atomic E-state index is -0.520. The lowest BCUT2D eigenvalue weighted by Gasteiger charge is -2.28. The molecular weight excluding hydrogens is 482 g/mol. The van der Waals surface area contributed by atoms with Crippen LogP contribution < -0.4 is 24.8 Å². The van der Waals surface area contributed by atoms with Gasteiger partial charge in [-0.05, 0) is 43.4 Å². The van der Waals surface area contributed by atoms with Gasteiger partial charge >= 0.3 is 11.7 Å². The van der Waals surface area contributed by atoms with Gasteiger partial charge in [-0.15, -0.1) is 0 Å². The second kappa shape index (κ2) is 10.3. The molecule has 3 heterocycles. The fourth-order valence-electron chi connectivity index (χ4n) is 4.64. The molecule has 3 aromatic rings. The van der Waals surface area contributed by atoms with Crippen LogP contribution >= 0.6 is 0 Å². The highest BCUT2D eigenvalue weighted by molar-refractivity contribution is 5.96. The second-order valence-electron chi connectivity index (χ2n) is 8.97. The Morgan fingerprint density at radius 3 is 2.81 bits per heavy atom. The summed E-state index contributed by atoms with van der Waals surface area (Å²) in [4.78, 5) is 44.1. The number of nitro groups is 1. The largest absolute Gasteiger partial charge is 0.481 e. The number of methoxy groups -OCH3 is 1. The van der Waals surface area contributed by atoms with Gasteiger partial charge in [0.05, 0.1) is 29.2 Å². The van der Waals surface area contributed by atoms with Gasteiger partial charge in [0.25, 0.3) is 5.91 Å². The minimum Gasteiger partial charge on any atom is -0.481 e. The molecule has 0 spiro atoms. The molecule has 1 aliphatic heterocycles. The molecule has 2 aliphatic rings. The summed E-state index contributed by atoms with van der Waals surface area (Å²) in [7, 11) is 1.52. The van der Waals surface area contributed by atoms with Crippen LogP contribution in [0.4, 0.5) is 11.4 Å². The number of nitrogens with zero attached hydrogens (tertiary/aromatic N) is 3. The number of nitrogens with one attached hydrogen (secondary N) is 2. The number of esters is 1. The second-order valence-corrected chi connectivity index (χ2v) is 8.97. The van der Waals surface area contributed by atoms with E-state index in [0.29, 0.717) is 53.3 Å². The van der Waals surface area contributed by atoms with Crippen molar-refractivity contribution >= 4 is 34.3 Å². The lowest BCUT2D eigenvalue weighted by Crippen LogP contribution is -2.35. The summed E-state index contributed by atoms with van der Waals surface area (Å²) in [5.74, 6) is -0.0850. The Hall–Kier alpha value is -4.32. The Bertz CT molecular complexity index is 1370. The topological polar surface area (TPSA) is 155 Å². The molecule has 2 N–H and O–H groups in total. The fraction of sp³-hybridized carbons (Fsp3) is 0.360. The number of carbonyl (C=O) groups excluding carboxylic acids is 2. The molecule has 12 nitrogen and oxygen atoms in total. The highest BCUT2D eigenvalue weighted by atomic mass is 16.6. The third-order valence-electron chi connectivity index (χ3n) is 6.54. The van der Waals surface area contributed by atoms with Crippen molar-refractivity contribution in [1.29, 1.82) is 0 Å². The molecule has 192 valence electrons. The SMILES string of the molecule is COc1ccc2nccc(OC(=O)C3CCC(NCc4cc5c(c([N+](=O)[O-])c4)OCC(=O)N5)CC3)c2n1. The number of ether oxygens (including phenoxy) is 3. The van der Waals surface area contributed by atoms with Crippen molar-refractivity contribution in [2.24, 2.45) is 5.92 Å². The van der Waals surface area contributed by atoms with Gasteiger partial charge in [0, 0.05) is 37.0 Å². The summed E-state index contributed by atoms with van der Waals surface area (Å²) in [6.07, 6.45) is 4.35. The summed E-state index contributed by atoms with van der Waals surface area (Å²) >= 11 is 0. The summed E-state index contributed by atoms with van der Waals surface area (Å²) in [6.45, 7) is 0.124. The van der Waals surface area contributed by atoms with Crippen LogP contribution in [0.15, 0.2) is 36.5 Å². The number of rotatable bonds is 7. The Labute approximate surface area is 211 Å². The Kier molecular flexibility index (Phi) is 6.82. The zero-order chi connectivity index (χ0) is 25.9. The number of amides is 1. The number of anilines is 1. The Morgan fingerprint density at radius 2 is 2.05 bits per heavy atom. The number of aromatic nitrogens is 2. The molecule has 0 saturated heterocycles. The molecule has 0 atom stereocenters. The summed E-state index contributed by atoms with van der Waals surface area (Å²) in [6, 6.07) is 8.34. The van der Waals surface area contributed by atoms with Gasteiger partial charge in [0.1, 0.15) is 5.52 Å². The maximum absolute atomic E-state index is 12.9. The van der Waals surface area contributed by atoms with Crippen LogP contribution in [0.2, 0.25) is 0 Å². The zero-order valence-corrected chi connectivity index (χ0v) is 20.1. The number of hydrogen-bond acceptors (Lipinski definition) is 10. The third-order valence-corrected chi connectivity index (χ3v) is 6.54. The van der Waals surface area contributed by atoms with E-state index in [-0.39, 0.29) is 41.9 Å².